The topological polar surface area (TPSA) is 68.0 Å². The number of pyridine rings is 1. The first-order valence-electron chi connectivity index (χ1n) is 5.78. The summed E-state index contributed by atoms with van der Waals surface area (Å²) >= 11 is 0. The van der Waals surface area contributed by atoms with Crippen LogP contribution in [0.15, 0.2) is 18.3 Å². The fraction of sp³-hybridized carbons (Fsp3) is 0.500. The van der Waals surface area contributed by atoms with Crippen LogP contribution in [0.5, 0.6) is 0 Å². The van der Waals surface area contributed by atoms with Crippen molar-refractivity contribution >= 4 is 11.6 Å². The summed E-state index contributed by atoms with van der Waals surface area (Å²) in [6.07, 6.45) is 7.92. The summed E-state index contributed by atoms with van der Waals surface area (Å²) in [7, 11) is 0. The van der Waals surface area contributed by atoms with Crippen molar-refractivity contribution < 1.29 is 4.79 Å². The molecule has 1 heterocycles. The Morgan fingerprint density at radius 1 is 1.38 bits per heavy atom. The van der Waals surface area contributed by atoms with Crippen LogP contribution in [0.25, 0.3) is 0 Å². The lowest BCUT2D eigenvalue weighted by atomic mass is 9.95. The van der Waals surface area contributed by atoms with Gasteiger partial charge in [-0.2, -0.15) is 0 Å². The molecule has 0 aliphatic heterocycles. The van der Waals surface area contributed by atoms with E-state index in [9.17, 15) is 4.79 Å². The van der Waals surface area contributed by atoms with E-state index in [0.29, 0.717) is 11.7 Å². The number of hydrogen-bond acceptors (Lipinski definition) is 3. The number of aromatic nitrogens is 1. The maximum atomic E-state index is 11.0. The third-order valence-corrected chi connectivity index (χ3v) is 2.99. The monoisotopic (exact) mass is 219 g/mol. The van der Waals surface area contributed by atoms with Crippen LogP contribution in [0.3, 0.4) is 0 Å². The van der Waals surface area contributed by atoms with Crippen LogP contribution in [0, 0.1) is 0 Å². The molecule has 3 N–H and O–H groups in total. The van der Waals surface area contributed by atoms with Gasteiger partial charge in [0.1, 0.15) is 5.69 Å². The Morgan fingerprint density at radius 2 is 2.12 bits per heavy atom. The number of carbonyl (C=O) groups excluding carboxylic acids is 1. The smallest absolute Gasteiger partial charge is 0.267 e. The molecule has 0 aromatic carbocycles. The lowest BCUT2D eigenvalue weighted by molar-refractivity contribution is 0.0995. The van der Waals surface area contributed by atoms with Crippen molar-refractivity contribution in [1.29, 1.82) is 0 Å². The van der Waals surface area contributed by atoms with Crippen molar-refractivity contribution in [2.75, 3.05) is 5.32 Å². The maximum absolute atomic E-state index is 11.0. The third-order valence-electron chi connectivity index (χ3n) is 2.99. The number of primary amides is 1. The van der Waals surface area contributed by atoms with Crippen molar-refractivity contribution in [3.05, 3.63) is 24.0 Å². The van der Waals surface area contributed by atoms with E-state index in [0.717, 1.165) is 5.69 Å². The van der Waals surface area contributed by atoms with E-state index < -0.39 is 5.91 Å². The van der Waals surface area contributed by atoms with Gasteiger partial charge in [0.05, 0.1) is 0 Å². The first-order valence-corrected chi connectivity index (χ1v) is 5.78. The van der Waals surface area contributed by atoms with Gasteiger partial charge in [-0.05, 0) is 25.0 Å². The molecule has 4 nitrogen and oxygen atoms in total. The lowest BCUT2D eigenvalue weighted by Crippen LogP contribution is -2.22. The molecule has 1 fully saturated rings. The molecule has 0 saturated heterocycles. The van der Waals surface area contributed by atoms with Gasteiger partial charge in [-0.3, -0.25) is 9.78 Å². The Kier molecular flexibility index (Phi) is 3.39. The Morgan fingerprint density at radius 3 is 2.81 bits per heavy atom. The normalized spacial score (nSPS) is 17.0. The minimum atomic E-state index is -0.479. The average Bonchev–Trinajstić information content (AvgIpc) is 2.30. The summed E-state index contributed by atoms with van der Waals surface area (Å²) in [5.41, 5.74) is 6.45. The molecule has 1 aromatic heterocycles. The number of nitrogens with zero attached hydrogens (tertiary/aromatic N) is 1. The summed E-state index contributed by atoms with van der Waals surface area (Å²) in [5.74, 6) is -0.479. The van der Waals surface area contributed by atoms with Crippen LogP contribution >= 0.6 is 0 Å². The second kappa shape index (κ2) is 4.96. The lowest BCUT2D eigenvalue weighted by Gasteiger charge is -2.23. The van der Waals surface area contributed by atoms with Crippen molar-refractivity contribution in [2.24, 2.45) is 5.73 Å². The van der Waals surface area contributed by atoms with Crippen LogP contribution in [-0.4, -0.2) is 16.9 Å². The maximum Gasteiger partial charge on any atom is 0.267 e. The predicted molar refractivity (Wildman–Crippen MR) is 63.3 cm³/mol. The van der Waals surface area contributed by atoms with Gasteiger partial charge in [-0.15, -0.1) is 0 Å². The number of rotatable bonds is 3. The molecule has 0 spiro atoms. The zero-order chi connectivity index (χ0) is 11.4. The van der Waals surface area contributed by atoms with Crippen LogP contribution < -0.4 is 11.1 Å². The predicted octanol–water partition coefficient (Wildman–Crippen LogP) is 1.93. The molecule has 0 unspecified atom stereocenters. The fourth-order valence-electron chi connectivity index (χ4n) is 2.14. The van der Waals surface area contributed by atoms with Gasteiger partial charge in [0.15, 0.2) is 0 Å². The first-order chi connectivity index (χ1) is 7.75. The first kappa shape index (κ1) is 10.9. The molecule has 1 amide bonds. The quantitative estimate of drug-likeness (QED) is 0.816. The van der Waals surface area contributed by atoms with E-state index >= 15 is 0 Å². The molecule has 0 radical (unpaired) electrons. The molecule has 4 heteroatoms. The third kappa shape index (κ3) is 2.72. The zero-order valence-corrected chi connectivity index (χ0v) is 9.28. The molecule has 2 rings (SSSR count). The SMILES string of the molecule is NC(=O)c1cc(NC2CCCCC2)ccn1. The van der Waals surface area contributed by atoms with E-state index in [2.05, 4.69) is 10.3 Å². The molecule has 1 aliphatic rings. The molecule has 1 aromatic rings. The van der Waals surface area contributed by atoms with Gasteiger partial charge in [0, 0.05) is 17.9 Å². The molecule has 1 saturated carbocycles. The highest BCUT2D eigenvalue weighted by Crippen LogP contribution is 2.21. The summed E-state index contributed by atoms with van der Waals surface area (Å²) in [4.78, 5) is 14.9. The van der Waals surface area contributed by atoms with Gasteiger partial charge in [-0.1, -0.05) is 19.3 Å². The van der Waals surface area contributed by atoms with Crippen molar-refractivity contribution in [1.82, 2.24) is 4.98 Å². The Hall–Kier alpha value is -1.58. The van der Waals surface area contributed by atoms with Crippen molar-refractivity contribution in [2.45, 2.75) is 38.1 Å². The minimum Gasteiger partial charge on any atom is -0.382 e. The highest BCUT2D eigenvalue weighted by molar-refractivity contribution is 5.91. The Balaban J connectivity index is 2.02. The minimum absolute atomic E-state index is 0.320. The van der Waals surface area contributed by atoms with Crippen molar-refractivity contribution in [3.63, 3.8) is 0 Å². The summed E-state index contributed by atoms with van der Waals surface area (Å²) in [6, 6.07) is 4.12. The van der Waals surface area contributed by atoms with Crippen LogP contribution in [-0.2, 0) is 0 Å². The molecule has 0 bridgehead atoms. The van der Waals surface area contributed by atoms with E-state index in [4.69, 9.17) is 5.73 Å². The number of hydrogen-bond donors (Lipinski definition) is 2. The summed E-state index contributed by atoms with van der Waals surface area (Å²) < 4.78 is 0. The highest BCUT2D eigenvalue weighted by atomic mass is 16.1. The van der Waals surface area contributed by atoms with Gasteiger partial charge in [0.2, 0.25) is 0 Å². The number of nitrogens with two attached hydrogens (primary N) is 1. The molecular formula is C12H17N3O. The van der Waals surface area contributed by atoms with Gasteiger partial charge < -0.3 is 11.1 Å². The van der Waals surface area contributed by atoms with E-state index in [1.54, 1.807) is 12.3 Å². The zero-order valence-electron chi connectivity index (χ0n) is 9.28. The standard InChI is InChI=1S/C12H17N3O/c13-12(16)11-8-10(6-7-14-11)15-9-4-2-1-3-5-9/h6-9H,1-5H2,(H2,13,16)(H,14,15). The molecule has 86 valence electrons. The van der Waals surface area contributed by atoms with E-state index in [-0.39, 0.29) is 0 Å². The Labute approximate surface area is 95.3 Å². The summed E-state index contributed by atoms with van der Waals surface area (Å²) in [5, 5.41) is 3.43. The van der Waals surface area contributed by atoms with Crippen LogP contribution in [0.1, 0.15) is 42.6 Å². The molecule has 16 heavy (non-hydrogen) atoms. The van der Waals surface area contributed by atoms with Crippen LogP contribution in [0.2, 0.25) is 0 Å². The van der Waals surface area contributed by atoms with Gasteiger partial charge in [-0.25, -0.2) is 0 Å². The Bertz CT molecular complexity index is 372. The van der Waals surface area contributed by atoms with Crippen LogP contribution in [0.4, 0.5) is 5.69 Å². The van der Waals surface area contributed by atoms with Gasteiger partial charge in [0.25, 0.3) is 5.91 Å². The van der Waals surface area contributed by atoms with Gasteiger partial charge >= 0.3 is 0 Å². The average molecular weight is 219 g/mol. The largest absolute Gasteiger partial charge is 0.382 e. The second-order valence-corrected chi connectivity index (χ2v) is 4.27. The molecule has 0 atom stereocenters. The fourth-order valence-corrected chi connectivity index (χ4v) is 2.14. The van der Waals surface area contributed by atoms with E-state index in [1.165, 1.54) is 32.1 Å². The summed E-state index contributed by atoms with van der Waals surface area (Å²) in [6.45, 7) is 0. The highest BCUT2D eigenvalue weighted by Gasteiger charge is 2.13. The van der Waals surface area contributed by atoms with E-state index in [1.807, 2.05) is 6.07 Å². The molecule has 1 aliphatic carbocycles. The second-order valence-electron chi connectivity index (χ2n) is 4.27. The number of carbonyl (C=O) groups is 1. The number of amides is 1. The molecular weight excluding hydrogens is 202 g/mol. The number of anilines is 1. The van der Waals surface area contributed by atoms with Crippen molar-refractivity contribution in [3.8, 4) is 0 Å². The number of nitrogens with one attached hydrogen (secondary N) is 1.